The Balaban J connectivity index is 1.48. The van der Waals surface area contributed by atoms with Crippen molar-refractivity contribution in [2.45, 2.75) is 74.8 Å². The van der Waals surface area contributed by atoms with Crippen molar-refractivity contribution in [2.24, 2.45) is 27.9 Å². The molecule has 19 heteroatoms. The van der Waals surface area contributed by atoms with E-state index < -0.39 is 71.7 Å². The summed E-state index contributed by atoms with van der Waals surface area (Å²) in [5.41, 5.74) is 24.8. The molecule has 56 heavy (non-hydrogen) atoms. The Morgan fingerprint density at radius 1 is 0.804 bits per heavy atom. The smallest absolute Gasteiger partial charge is 0.246 e. The van der Waals surface area contributed by atoms with Crippen LogP contribution in [0.15, 0.2) is 65.8 Å². The van der Waals surface area contributed by atoms with Crippen molar-refractivity contribution >= 4 is 77.6 Å². The van der Waals surface area contributed by atoms with Gasteiger partial charge in [-0.1, -0.05) is 48.5 Å². The Labute approximate surface area is 335 Å². The molecule has 1 aliphatic heterocycles. The standard InChI is InChI=1S/C37H51N11O6S2/c38-24(16-21-8-2-1-3-9-21)32(50)47-29(20-56)36(54)48-15-7-13-30(48)35(53)45-27(17-22-18-43-25-11-5-4-10-23(22)25)33(51)46-28(19-55)34(52)44-26(31(39)49)12-6-14-42-37(40)41/h1-5,8-11,18,24,26-30,43,55-56H,6-7,12-17,19-20,38H2,(H2,39,49)(H,44,52)(H,45,53)(H,46,51)(H,47,50)(H4,40,41,42)/t24-,26-,27-,28-,29?,30?/m0/s1. The molecule has 1 fully saturated rings. The van der Waals surface area contributed by atoms with E-state index in [9.17, 15) is 28.8 Å². The number of nitrogens with zero attached hydrogens (tertiary/aromatic N) is 2. The molecule has 6 atom stereocenters. The minimum absolute atomic E-state index is 0.0203. The first kappa shape index (κ1) is 43.5. The van der Waals surface area contributed by atoms with Crippen molar-refractivity contribution in [3.63, 3.8) is 0 Å². The van der Waals surface area contributed by atoms with E-state index in [2.05, 4.69) is 56.5 Å². The zero-order valence-corrected chi connectivity index (χ0v) is 32.6. The highest BCUT2D eigenvalue weighted by Gasteiger charge is 2.39. The fourth-order valence-corrected chi connectivity index (χ4v) is 6.96. The summed E-state index contributed by atoms with van der Waals surface area (Å²) < 4.78 is 0. The van der Waals surface area contributed by atoms with Gasteiger partial charge in [0.1, 0.15) is 30.2 Å². The summed E-state index contributed by atoms with van der Waals surface area (Å²) >= 11 is 8.58. The summed E-state index contributed by atoms with van der Waals surface area (Å²) in [6.45, 7) is 0.447. The molecule has 0 saturated carbocycles. The van der Waals surface area contributed by atoms with Crippen LogP contribution in [-0.4, -0.2) is 112 Å². The van der Waals surface area contributed by atoms with Crippen molar-refractivity contribution in [1.29, 1.82) is 0 Å². The number of fused-ring (bicyclic) bond motifs is 1. The molecular weight excluding hydrogens is 759 g/mol. The number of H-pyrrole nitrogens is 1. The number of guanidine groups is 1. The Kier molecular flexibility index (Phi) is 16.4. The highest BCUT2D eigenvalue weighted by molar-refractivity contribution is 7.80. The lowest BCUT2D eigenvalue weighted by molar-refractivity contribution is -0.141. The number of nitrogens with one attached hydrogen (secondary N) is 5. The van der Waals surface area contributed by atoms with Gasteiger partial charge >= 0.3 is 0 Å². The maximum absolute atomic E-state index is 14.0. The lowest BCUT2D eigenvalue weighted by Gasteiger charge is -2.30. The van der Waals surface area contributed by atoms with E-state index >= 15 is 0 Å². The van der Waals surface area contributed by atoms with Gasteiger partial charge in [-0.15, -0.1) is 0 Å². The summed E-state index contributed by atoms with van der Waals surface area (Å²) in [6.07, 6.45) is 3.29. The first-order valence-corrected chi connectivity index (χ1v) is 19.5. The van der Waals surface area contributed by atoms with Crippen LogP contribution in [0.4, 0.5) is 0 Å². The zero-order valence-electron chi connectivity index (χ0n) is 30.9. The van der Waals surface area contributed by atoms with E-state index in [0.29, 0.717) is 24.8 Å². The number of rotatable bonds is 20. The summed E-state index contributed by atoms with van der Waals surface area (Å²) in [5.74, 6) is -4.16. The molecule has 0 aliphatic carbocycles. The molecule has 1 aromatic heterocycles. The van der Waals surface area contributed by atoms with Crippen molar-refractivity contribution in [3.05, 3.63) is 71.9 Å². The lowest BCUT2D eigenvalue weighted by Crippen LogP contribution is -2.60. The number of likely N-dealkylation sites (tertiary alicyclic amines) is 1. The van der Waals surface area contributed by atoms with Crippen molar-refractivity contribution < 1.29 is 28.8 Å². The van der Waals surface area contributed by atoms with E-state index in [-0.39, 0.29) is 49.8 Å². The van der Waals surface area contributed by atoms with Crippen LogP contribution in [0.2, 0.25) is 0 Å². The number of aromatic amines is 1. The molecule has 0 spiro atoms. The average Bonchev–Trinajstić information content (AvgIpc) is 3.84. The number of hydrogen-bond donors (Lipinski definition) is 11. The number of primary amides is 1. The summed E-state index contributed by atoms with van der Waals surface area (Å²) in [5, 5.41) is 11.5. The Bertz CT molecular complexity index is 1870. The number of benzene rings is 2. The number of aromatic nitrogens is 1. The van der Waals surface area contributed by atoms with Crippen LogP contribution in [0, 0.1) is 0 Å². The normalized spacial score (nSPS) is 16.5. The number of carbonyl (C=O) groups is 6. The minimum atomic E-state index is -1.22. The number of para-hydroxylation sites is 1. The van der Waals surface area contributed by atoms with Crippen LogP contribution in [0.3, 0.4) is 0 Å². The Morgan fingerprint density at radius 3 is 2.12 bits per heavy atom. The second-order valence-corrected chi connectivity index (χ2v) is 14.2. The highest BCUT2D eigenvalue weighted by atomic mass is 32.1. The third kappa shape index (κ3) is 12.1. The van der Waals surface area contributed by atoms with Crippen LogP contribution in [0.25, 0.3) is 10.9 Å². The van der Waals surface area contributed by atoms with Gasteiger partial charge < -0.3 is 54.1 Å². The molecule has 13 N–H and O–H groups in total. The quantitative estimate of drug-likeness (QED) is 0.0277. The van der Waals surface area contributed by atoms with E-state index in [4.69, 9.17) is 22.9 Å². The molecule has 1 saturated heterocycles. The molecule has 2 heterocycles. The molecule has 3 aromatic rings. The number of carbonyl (C=O) groups excluding carboxylic acids is 6. The molecule has 6 amide bonds. The number of nitrogens with two attached hydrogens (primary N) is 4. The van der Waals surface area contributed by atoms with E-state index in [1.165, 1.54) is 4.90 Å². The Hall–Kier alpha value is -5.27. The SMILES string of the molecule is NC(=O)[C@H](CCCN=C(N)N)NC(=O)[C@H](CS)NC(=O)[C@H](Cc1c[nH]c2ccccc12)NC(=O)C1CCCN1C(=O)C(CS)NC(=O)[C@@H](N)Cc1ccccc1. The van der Waals surface area contributed by atoms with Gasteiger partial charge in [0.05, 0.1) is 6.04 Å². The van der Waals surface area contributed by atoms with Gasteiger partial charge in [-0.05, 0) is 49.3 Å². The van der Waals surface area contributed by atoms with Crippen LogP contribution in [-0.2, 0) is 41.6 Å². The van der Waals surface area contributed by atoms with Crippen molar-refractivity contribution in [3.8, 4) is 0 Å². The maximum Gasteiger partial charge on any atom is 0.246 e. The third-order valence-electron chi connectivity index (χ3n) is 9.42. The largest absolute Gasteiger partial charge is 0.370 e. The van der Waals surface area contributed by atoms with Gasteiger partial charge in [0.2, 0.25) is 35.4 Å². The highest BCUT2D eigenvalue weighted by Crippen LogP contribution is 2.22. The molecule has 2 aromatic carbocycles. The number of amides is 6. The van der Waals surface area contributed by atoms with Crippen molar-refractivity contribution in [2.75, 3.05) is 24.6 Å². The van der Waals surface area contributed by atoms with Crippen LogP contribution in [0.5, 0.6) is 0 Å². The fraction of sp³-hybridized carbons (Fsp3) is 0.432. The van der Waals surface area contributed by atoms with Gasteiger partial charge in [0.15, 0.2) is 5.96 Å². The van der Waals surface area contributed by atoms with E-state index in [1.54, 1.807) is 6.20 Å². The van der Waals surface area contributed by atoms with Crippen molar-refractivity contribution in [1.82, 2.24) is 31.2 Å². The molecular formula is C37H51N11O6S2. The predicted molar refractivity (Wildman–Crippen MR) is 219 cm³/mol. The predicted octanol–water partition coefficient (Wildman–Crippen LogP) is -1.39. The van der Waals surface area contributed by atoms with E-state index in [1.807, 2.05) is 54.6 Å². The zero-order chi connectivity index (χ0) is 40.8. The fourth-order valence-electron chi connectivity index (χ4n) is 6.45. The van der Waals surface area contributed by atoms with E-state index in [0.717, 1.165) is 16.5 Å². The molecule has 2 unspecified atom stereocenters. The summed E-state index contributed by atoms with van der Waals surface area (Å²) in [6, 6.07) is 10.2. The second kappa shape index (κ2) is 21.1. The van der Waals surface area contributed by atoms with Gasteiger partial charge in [0, 0.05) is 48.1 Å². The average molecular weight is 810 g/mol. The summed E-state index contributed by atoms with van der Waals surface area (Å²) in [7, 11) is 0. The summed E-state index contributed by atoms with van der Waals surface area (Å²) in [4.78, 5) is 88.6. The van der Waals surface area contributed by atoms with Gasteiger partial charge in [-0.3, -0.25) is 33.8 Å². The minimum Gasteiger partial charge on any atom is -0.370 e. The number of aliphatic imine (C=N–C) groups is 1. The first-order valence-electron chi connectivity index (χ1n) is 18.3. The molecule has 0 bridgehead atoms. The molecule has 1 aliphatic rings. The second-order valence-electron chi connectivity index (χ2n) is 13.5. The van der Waals surface area contributed by atoms with Gasteiger partial charge in [0.25, 0.3) is 0 Å². The third-order valence-corrected chi connectivity index (χ3v) is 10.2. The monoisotopic (exact) mass is 809 g/mol. The number of thiol groups is 2. The van der Waals surface area contributed by atoms with Gasteiger partial charge in [-0.2, -0.15) is 25.3 Å². The topological polar surface area (TPSA) is 286 Å². The molecule has 17 nitrogen and oxygen atoms in total. The van der Waals surface area contributed by atoms with Crippen LogP contribution < -0.4 is 44.2 Å². The van der Waals surface area contributed by atoms with Crippen LogP contribution >= 0.6 is 25.3 Å². The first-order chi connectivity index (χ1) is 26.8. The Morgan fingerprint density at radius 2 is 1.45 bits per heavy atom. The molecule has 0 radical (unpaired) electrons. The van der Waals surface area contributed by atoms with Crippen LogP contribution in [0.1, 0.15) is 36.8 Å². The maximum atomic E-state index is 14.0. The number of hydrogen-bond acceptors (Lipinski definition) is 10. The molecule has 4 rings (SSSR count). The molecule has 302 valence electrons. The van der Waals surface area contributed by atoms with Gasteiger partial charge in [-0.25, -0.2) is 0 Å². The lowest BCUT2D eigenvalue weighted by atomic mass is 10.0.